The third-order valence-corrected chi connectivity index (χ3v) is 3.20. The van der Waals surface area contributed by atoms with Crippen LogP contribution < -0.4 is 4.74 Å². The first-order valence-electron chi connectivity index (χ1n) is 5.64. The Bertz CT molecular complexity index is 576. The van der Waals surface area contributed by atoms with E-state index in [1.807, 2.05) is 24.3 Å². The molecule has 5 heteroatoms. The number of hydrogen-bond donors (Lipinski definition) is 1. The van der Waals surface area contributed by atoms with Gasteiger partial charge in [0.1, 0.15) is 11.5 Å². The van der Waals surface area contributed by atoms with Gasteiger partial charge in [-0.15, -0.1) is 0 Å². The molecule has 0 bridgehead atoms. The van der Waals surface area contributed by atoms with E-state index < -0.39 is 12.2 Å². The molecule has 92 valence electrons. The zero-order valence-electron chi connectivity index (χ0n) is 9.45. The summed E-state index contributed by atoms with van der Waals surface area (Å²) in [5.41, 5.74) is 2.11. The van der Waals surface area contributed by atoms with Crippen molar-refractivity contribution in [2.24, 2.45) is 0 Å². The van der Waals surface area contributed by atoms with Crippen LogP contribution in [-0.4, -0.2) is 21.2 Å². The minimum absolute atomic E-state index is 0.320. The average Bonchev–Trinajstić information content (AvgIpc) is 2.66. The van der Waals surface area contributed by atoms with Gasteiger partial charge >= 0.3 is 0 Å². The summed E-state index contributed by atoms with van der Waals surface area (Å²) in [4.78, 5) is 7.77. The van der Waals surface area contributed by atoms with E-state index in [0.717, 1.165) is 11.1 Å². The smallest absolute Gasteiger partial charge is 0.218 e. The maximum atomic E-state index is 10.0. The summed E-state index contributed by atoms with van der Waals surface area (Å²) >= 11 is 5.77. The first kappa shape index (κ1) is 11.4. The third-order valence-electron chi connectivity index (χ3n) is 3.00. The van der Waals surface area contributed by atoms with Crippen molar-refractivity contribution >= 4 is 11.6 Å². The lowest BCUT2D eigenvalue weighted by Crippen LogP contribution is -2.19. The molecule has 0 saturated carbocycles. The van der Waals surface area contributed by atoms with Gasteiger partial charge in [-0.05, 0) is 11.1 Å². The highest BCUT2D eigenvalue weighted by molar-refractivity contribution is 6.29. The minimum atomic E-state index is -0.559. The lowest BCUT2D eigenvalue weighted by molar-refractivity contribution is 0.0465. The van der Waals surface area contributed by atoms with Gasteiger partial charge in [0.2, 0.25) is 5.88 Å². The lowest BCUT2D eigenvalue weighted by Gasteiger charge is -2.17. The van der Waals surface area contributed by atoms with Gasteiger partial charge in [-0.1, -0.05) is 35.9 Å². The van der Waals surface area contributed by atoms with E-state index in [9.17, 15) is 5.11 Å². The molecule has 0 fully saturated rings. The zero-order valence-corrected chi connectivity index (χ0v) is 10.2. The second-order valence-electron chi connectivity index (χ2n) is 4.19. The van der Waals surface area contributed by atoms with Crippen LogP contribution >= 0.6 is 11.6 Å². The number of aliphatic hydroxyl groups excluding tert-OH is 1. The normalized spacial score (nSPS) is 21.7. The zero-order chi connectivity index (χ0) is 12.5. The van der Waals surface area contributed by atoms with Crippen molar-refractivity contribution in [1.82, 2.24) is 9.97 Å². The molecule has 1 N–H and O–H groups in total. The van der Waals surface area contributed by atoms with Crippen molar-refractivity contribution in [2.45, 2.75) is 18.6 Å². The van der Waals surface area contributed by atoms with Crippen molar-refractivity contribution in [3.05, 3.63) is 52.9 Å². The number of benzene rings is 1. The van der Waals surface area contributed by atoms with Crippen molar-refractivity contribution in [3.63, 3.8) is 0 Å². The minimum Gasteiger partial charge on any atom is -0.467 e. The molecule has 0 amide bonds. The monoisotopic (exact) mass is 262 g/mol. The van der Waals surface area contributed by atoms with Crippen LogP contribution in [0.5, 0.6) is 5.88 Å². The molecule has 1 aliphatic carbocycles. The first-order valence-corrected chi connectivity index (χ1v) is 6.02. The largest absolute Gasteiger partial charge is 0.467 e. The van der Waals surface area contributed by atoms with Gasteiger partial charge in [-0.25, -0.2) is 9.97 Å². The summed E-state index contributed by atoms with van der Waals surface area (Å²) in [5.74, 6) is 0.371. The van der Waals surface area contributed by atoms with E-state index in [1.165, 1.54) is 12.4 Å². The molecule has 0 aliphatic heterocycles. The molecule has 2 aromatic rings. The SMILES string of the molecule is O[C@H]1Cc2ccccc2[C@H]1Oc1cc(Cl)ncn1. The van der Waals surface area contributed by atoms with E-state index in [1.54, 1.807) is 0 Å². The summed E-state index contributed by atoms with van der Waals surface area (Å²) in [6, 6.07) is 9.37. The van der Waals surface area contributed by atoms with Crippen LogP contribution in [0.2, 0.25) is 5.15 Å². The number of fused-ring (bicyclic) bond motifs is 1. The molecule has 0 spiro atoms. The van der Waals surface area contributed by atoms with Crippen LogP contribution in [0.25, 0.3) is 0 Å². The Morgan fingerprint density at radius 2 is 2.11 bits per heavy atom. The van der Waals surface area contributed by atoms with Gasteiger partial charge in [0, 0.05) is 12.5 Å². The fourth-order valence-electron chi connectivity index (χ4n) is 2.19. The van der Waals surface area contributed by atoms with Crippen LogP contribution in [0.1, 0.15) is 17.2 Å². The Morgan fingerprint density at radius 1 is 1.28 bits per heavy atom. The molecule has 0 radical (unpaired) electrons. The number of ether oxygens (including phenoxy) is 1. The molecule has 1 heterocycles. The quantitative estimate of drug-likeness (QED) is 0.843. The molecule has 18 heavy (non-hydrogen) atoms. The predicted molar refractivity (Wildman–Crippen MR) is 66.6 cm³/mol. The van der Waals surface area contributed by atoms with Gasteiger partial charge in [-0.2, -0.15) is 0 Å². The molecule has 1 aromatic heterocycles. The third kappa shape index (κ3) is 2.05. The van der Waals surface area contributed by atoms with Crippen LogP contribution in [-0.2, 0) is 6.42 Å². The molecule has 2 atom stereocenters. The lowest BCUT2D eigenvalue weighted by atomic mass is 10.1. The predicted octanol–water partition coefficient (Wildman–Crippen LogP) is 2.17. The van der Waals surface area contributed by atoms with E-state index in [2.05, 4.69) is 9.97 Å². The number of aliphatic hydroxyl groups is 1. The number of hydrogen-bond acceptors (Lipinski definition) is 4. The molecule has 0 unspecified atom stereocenters. The average molecular weight is 263 g/mol. The fourth-order valence-corrected chi connectivity index (χ4v) is 2.33. The van der Waals surface area contributed by atoms with Crippen LogP contribution in [0.3, 0.4) is 0 Å². The Balaban J connectivity index is 1.89. The van der Waals surface area contributed by atoms with Crippen molar-refractivity contribution in [3.8, 4) is 5.88 Å². The Labute approximate surface area is 109 Å². The highest BCUT2D eigenvalue weighted by atomic mass is 35.5. The molecule has 1 aliphatic rings. The number of halogens is 1. The molecule has 1 aromatic carbocycles. The summed E-state index contributed by atoms with van der Waals surface area (Å²) in [6.07, 6.45) is 0.980. The van der Waals surface area contributed by atoms with Gasteiger partial charge in [0.25, 0.3) is 0 Å². The Kier molecular flexibility index (Phi) is 2.89. The summed E-state index contributed by atoms with van der Waals surface area (Å²) in [7, 11) is 0. The molecular formula is C13H11ClN2O2. The van der Waals surface area contributed by atoms with Gasteiger partial charge in [0.05, 0.1) is 6.10 Å². The van der Waals surface area contributed by atoms with E-state index in [0.29, 0.717) is 17.5 Å². The van der Waals surface area contributed by atoms with Crippen molar-refractivity contribution in [2.75, 3.05) is 0 Å². The Hall–Kier alpha value is -1.65. The topological polar surface area (TPSA) is 55.2 Å². The van der Waals surface area contributed by atoms with Crippen LogP contribution in [0, 0.1) is 0 Å². The Morgan fingerprint density at radius 3 is 2.94 bits per heavy atom. The number of aromatic nitrogens is 2. The van der Waals surface area contributed by atoms with Crippen molar-refractivity contribution < 1.29 is 9.84 Å². The summed E-state index contributed by atoms with van der Waals surface area (Å²) < 4.78 is 5.71. The van der Waals surface area contributed by atoms with Crippen LogP contribution in [0.4, 0.5) is 0 Å². The van der Waals surface area contributed by atoms with E-state index in [-0.39, 0.29) is 0 Å². The molecule has 0 saturated heterocycles. The summed E-state index contributed by atoms with van der Waals surface area (Å²) in [5, 5.41) is 10.4. The van der Waals surface area contributed by atoms with Gasteiger partial charge in [0.15, 0.2) is 6.10 Å². The summed E-state index contributed by atoms with van der Waals surface area (Å²) in [6.45, 7) is 0. The van der Waals surface area contributed by atoms with Crippen molar-refractivity contribution in [1.29, 1.82) is 0 Å². The van der Waals surface area contributed by atoms with E-state index in [4.69, 9.17) is 16.3 Å². The highest BCUT2D eigenvalue weighted by Crippen LogP contribution is 2.34. The maximum absolute atomic E-state index is 10.0. The maximum Gasteiger partial charge on any atom is 0.218 e. The number of rotatable bonds is 2. The second-order valence-corrected chi connectivity index (χ2v) is 4.57. The molecule has 3 rings (SSSR count). The number of nitrogens with zero attached hydrogens (tertiary/aromatic N) is 2. The standard InChI is InChI=1S/C13H11ClN2O2/c14-11-6-12(16-7-15-11)18-13-9-4-2-1-3-8(9)5-10(13)17/h1-4,6-7,10,13,17H,5H2/t10-,13+/m0/s1. The molecular weight excluding hydrogens is 252 g/mol. The second kappa shape index (κ2) is 4.55. The van der Waals surface area contributed by atoms with Gasteiger partial charge in [-0.3, -0.25) is 0 Å². The molecule has 4 nitrogen and oxygen atoms in total. The van der Waals surface area contributed by atoms with E-state index >= 15 is 0 Å². The first-order chi connectivity index (χ1) is 8.74. The van der Waals surface area contributed by atoms with Gasteiger partial charge < -0.3 is 9.84 Å². The fraction of sp³-hybridized carbons (Fsp3) is 0.231. The highest BCUT2D eigenvalue weighted by Gasteiger charge is 2.32. The van der Waals surface area contributed by atoms with Crippen LogP contribution in [0.15, 0.2) is 36.7 Å².